The molecule has 194 valence electrons. The molecule has 0 unspecified atom stereocenters. The summed E-state index contributed by atoms with van der Waals surface area (Å²) in [7, 11) is 3.97. The second-order valence-corrected chi connectivity index (χ2v) is 9.75. The molecule has 0 saturated heterocycles. The van der Waals surface area contributed by atoms with E-state index in [1.54, 1.807) is 18.3 Å². The van der Waals surface area contributed by atoms with Crippen LogP contribution in [0.2, 0.25) is 5.02 Å². The number of anilines is 3. The lowest BCUT2D eigenvalue weighted by molar-refractivity contribution is -0.116. The summed E-state index contributed by atoms with van der Waals surface area (Å²) in [6, 6.07) is 21.3. The Bertz CT molecular complexity index is 1480. The number of fused-ring (bicyclic) bond motifs is 1. The Hall–Kier alpha value is -4.12. The molecule has 0 saturated carbocycles. The van der Waals surface area contributed by atoms with Crippen LogP contribution in [-0.4, -0.2) is 36.4 Å². The van der Waals surface area contributed by atoms with E-state index in [1.807, 2.05) is 69.6 Å². The Balaban J connectivity index is 1.58. The van der Waals surface area contributed by atoms with E-state index in [1.165, 1.54) is 0 Å². The summed E-state index contributed by atoms with van der Waals surface area (Å²) in [5, 5.41) is 17.3. The van der Waals surface area contributed by atoms with Crippen LogP contribution >= 0.6 is 11.6 Å². The lowest BCUT2D eigenvalue weighted by atomic mass is 10.0. The highest BCUT2D eigenvalue weighted by Gasteiger charge is 2.14. The molecule has 38 heavy (non-hydrogen) atoms. The van der Waals surface area contributed by atoms with E-state index < -0.39 is 0 Å². The van der Waals surface area contributed by atoms with Crippen LogP contribution in [0.4, 0.5) is 17.1 Å². The van der Waals surface area contributed by atoms with Crippen LogP contribution in [0, 0.1) is 18.3 Å². The largest absolute Gasteiger partial charge is 0.487 e. The van der Waals surface area contributed by atoms with E-state index in [9.17, 15) is 10.1 Å². The van der Waals surface area contributed by atoms with Crippen molar-refractivity contribution in [1.82, 2.24) is 9.88 Å². The number of amides is 1. The van der Waals surface area contributed by atoms with Gasteiger partial charge in [-0.25, -0.2) is 0 Å². The Labute approximate surface area is 228 Å². The first kappa shape index (κ1) is 26.9. The number of aryl methyl sites for hydroxylation is 1. The molecular weight excluding hydrogens is 498 g/mol. The monoisotopic (exact) mass is 527 g/mol. The van der Waals surface area contributed by atoms with Gasteiger partial charge in [0.1, 0.15) is 18.4 Å². The number of carbonyl (C=O) groups excluding carboxylic acids is 1. The predicted molar refractivity (Wildman–Crippen MR) is 153 cm³/mol. The third kappa shape index (κ3) is 6.80. The second-order valence-electron chi connectivity index (χ2n) is 9.34. The Morgan fingerprint density at radius 2 is 1.92 bits per heavy atom. The van der Waals surface area contributed by atoms with Gasteiger partial charge in [-0.05, 0) is 75.4 Å². The SMILES string of the molecule is Cc1cc2ncc(C#N)c(Nc3ccc(OCc4ccccc4)c(Cl)c3)c2cc1NC(=O)CCCN(C)C. The fourth-order valence-corrected chi connectivity index (χ4v) is 4.28. The zero-order valence-electron chi connectivity index (χ0n) is 21.7. The number of pyridine rings is 1. The van der Waals surface area contributed by atoms with Crippen molar-refractivity contribution < 1.29 is 9.53 Å². The van der Waals surface area contributed by atoms with Gasteiger partial charge in [0.15, 0.2) is 0 Å². The van der Waals surface area contributed by atoms with Gasteiger partial charge in [0.05, 0.1) is 21.8 Å². The molecule has 1 heterocycles. The molecule has 2 N–H and O–H groups in total. The maximum atomic E-state index is 12.6. The number of benzene rings is 3. The number of nitrogens with zero attached hydrogens (tertiary/aromatic N) is 3. The zero-order chi connectivity index (χ0) is 27.1. The maximum Gasteiger partial charge on any atom is 0.224 e. The summed E-state index contributed by atoms with van der Waals surface area (Å²) < 4.78 is 5.89. The molecule has 1 amide bonds. The molecule has 0 radical (unpaired) electrons. The van der Waals surface area contributed by atoms with Crippen molar-refractivity contribution in [1.29, 1.82) is 5.26 Å². The van der Waals surface area contributed by atoms with Gasteiger partial charge in [-0.1, -0.05) is 41.9 Å². The fourth-order valence-electron chi connectivity index (χ4n) is 4.04. The second kappa shape index (κ2) is 12.4. The van der Waals surface area contributed by atoms with Gasteiger partial charge < -0.3 is 20.3 Å². The van der Waals surface area contributed by atoms with Crippen LogP contribution in [0.25, 0.3) is 10.9 Å². The van der Waals surface area contributed by atoms with Crippen molar-refractivity contribution in [3.63, 3.8) is 0 Å². The number of nitriles is 1. The molecule has 3 aromatic carbocycles. The topological polar surface area (TPSA) is 90.3 Å². The summed E-state index contributed by atoms with van der Waals surface area (Å²) in [5.41, 5.74) is 5.01. The standard InChI is InChI=1S/C30H30ClN5O2/c1-20-14-27-24(16-26(20)35-29(37)10-7-13-36(2)3)30(22(17-32)18-33-27)34-23-11-12-28(25(31)15-23)38-19-21-8-5-4-6-9-21/h4-6,8-9,11-12,14-16,18H,7,10,13,19H2,1-3H3,(H,33,34)(H,35,37). The third-order valence-electron chi connectivity index (χ3n) is 6.06. The molecule has 0 aliphatic carbocycles. The minimum atomic E-state index is -0.0499. The number of rotatable bonds is 10. The van der Waals surface area contributed by atoms with Crippen molar-refractivity contribution in [3.8, 4) is 11.8 Å². The Kier molecular flexibility index (Phi) is 8.80. The summed E-state index contributed by atoms with van der Waals surface area (Å²) in [6.07, 6.45) is 2.74. The third-order valence-corrected chi connectivity index (χ3v) is 6.35. The van der Waals surface area contributed by atoms with Crippen LogP contribution < -0.4 is 15.4 Å². The number of ether oxygens (including phenoxy) is 1. The number of halogens is 1. The molecule has 0 aliphatic heterocycles. The van der Waals surface area contributed by atoms with E-state index in [2.05, 4.69) is 26.6 Å². The number of nitrogens with one attached hydrogen (secondary N) is 2. The molecule has 0 bridgehead atoms. The van der Waals surface area contributed by atoms with Gasteiger partial charge in [-0.2, -0.15) is 5.26 Å². The van der Waals surface area contributed by atoms with Crippen molar-refractivity contribution in [2.24, 2.45) is 0 Å². The molecule has 0 aliphatic rings. The fraction of sp³-hybridized carbons (Fsp3) is 0.233. The van der Waals surface area contributed by atoms with E-state index >= 15 is 0 Å². The Morgan fingerprint density at radius 1 is 1.13 bits per heavy atom. The average Bonchev–Trinajstić information content (AvgIpc) is 2.89. The summed E-state index contributed by atoms with van der Waals surface area (Å²) in [5.74, 6) is 0.516. The minimum Gasteiger partial charge on any atom is -0.487 e. The van der Waals surface area contributed by atoms with Crippen molar-refractivity contribution in [2.75, 3.05) is 31.3 Å². The van der Waals surface area contributed by atoms with Crippen molar-refractivity contribution >= 4 is 45.5 Å². The van der Waals surface area contributed by atoms with Gasteiger partial charge in [-0.3, -0.25) is 9.78 Å². The zero-order valence-corrected chi connectivity index (χ0v) is 22.5. The summed E-state index contributed by atoms with van der Waals surface area (Å²) >= 11 is 6.53. The van der Waals surface area contributed by atoms with Gasteiger partial charge >= 0.3 is 0 Å². The first-order valence-electron chi connectivity index (χ1n) is 12.4. The molecular formula is C30H30ClN5O2. The number of hydrogen-bond acceptors (Lipinski definition) is 6. The van der Waals surface area contributed by atoms with Crippen molar-refractivity contribution in [2.45, 2.75) is 26.4 Å². The van der Waals surface area contributed by atoms with E-state index in [-0.39, 0.29) is 5.91 Å². The molecule has 4 rings (SSSR count). The van der Waals surface area contributed by atoms with Crippen LogP contribution in [0.5, 0.6) is 5.75 Å². The number of aromatic nitrogens is 1. The smallest absolute Gasteiger partial charge is 0.224 e. The van der Waals surface area contributed by atoms with Gasteiger partial charge in [0, 0.05) is 29.4 Å². The molecule has 0 fully saturated rings. The quantitative estimate of drug-likeness (QED) is 0.239. The first-order chi connectivity index (χ1) is 18.3. The lowest BCUT2D eigenvalue weighted by Gasteiger charge is -2.16. The number of carbonyl (C=O) groups is 1. The average molecular weight is 528 g/mol. The molecule has 0 spiro atoms. The predicted octanol–water partition coefficient (Wildman–Crippen LogP) is 6.67. The summed E-state index contributed by atoms with van der Waals surface area (Å²) in [4.78, 5) is 19.1. The van der Waals surface area contributed by atoms with Crippen LogP contribution in [-0.2, 0) is 11.4 Å². The first-order valence-corrected chi connectivity index (χ1v) is 12.7. The highest BCUT2D eigenvalue weighted by Crippen LogP contribution is 2.35. The van der Waals surface area contributed by atoms with Crippen LogP contribution in [0.3, 0.4) is 0 Å². The maximum absolute atomic E-state index is 12.6. The highest BCUT2D eigenvalue weighted by molar-refractivity contribution is 6.32. The normalized spacial score (nSPS) is 10.8. The molecule has 4 aromatic rings. The van der Waals surface area contributed by atoms with E-state index in [0.717, 1.165) is 29.5 Å². The molecule has 8 heteroatoms. The van der Waals surface area contributed by atoms with Crippen LogP contribution in [0.1, 0.15) is 29.5 Å². The van der Waals surface area contributed by atoms with Crippen molar-refractivity contribution in [3.05, 3.63) is 88.6 Å². The highest BCUT2D eigenvalue weighted by atomic mass is 35.5. The van der Waals surface area contributed by atoms with E-state index in [0.29, 0.717) is 51.9 Å². The van der Waals surface area contributed by atoms with Gasteiger partial charge in [-0.15, -0.1) is 0 Å². The molecule has 7 nitrogen and oxygen atoms in total. The summed E-state index contributed by atoms with van der Waals surface area (Å²) in [6.45, 7) is 3.17. The minimum absolute atomic E-state index is 0.0499. The number of hydrogen-bond donors (Lipinski definition) is 2. The lowest BCUT2D eigenvalue weighted by Crippen LogP contribution is -2.17. The Morgan fingerprint density at radius 3 is 2.63 bits per heavy atom. The van der Waals surface area contributed by atoms with Crippen LogP contribution in [0.15, 0.2) is 66.9 Å². The molecule has 1 aromatic heterocycles. The van der Waals surface area contributed by atoms with Gasteiger partial charge in [0.25, 0.3) is 0 Å². The van der Waals surface area contributed by atoms with Gasteiger partial charge in [0.2, 0.25) is 5.91 Å². The van der Waals surface area contributed by atoms with E-state index in [4.69, 9.17) is 16.3 Å². The molecule has 0 atom stereocenters.